The van der Waals surface area contributed by atoms with Gasteiger partial charge in [0.25, 0.3) is 0 Å². The Kier molecular flexibility index (Phi) is 4.07. The molecule has 0 aromatic rings. The van der Waals surface area contributed by atoms with Gasteiger partial charge < -0.3 is 5.32 Å². The summed E-state index contributed by atoms with van der Waals surface area (Å²) in [5.74, 6) is 0. The molecule has 0 aromatic heterocycles. The summed E-state index contributed by atoms with van der Waals surface area (Å²) in [6, 6.07) is 0. The first-order valence-corrected chi connectivity index (χ1v) is 5.47. The molecule has 1 nitrogen and oxygen atoms in total. The van der Waals surface area contributed by atoms with E-state index in [0.29, 0.717) is 5.41 Å². The predicted molar refractivity (Wildman–Crippen MR) is 54.4 cm³/mol. The summed E-state index contributed by atoms with van der Waals surface area (Å²) in [4.78, 5) is 0. The second-order valence-corrected chi connectivity index (χ2v) is 4.34. The molecular weight excluding hydrogens is 146 g/mol. The lowest BCUT2D eigenvalue weighted by Gasteiger charge is -2.37. The maximum atomic E-state index is 3.36. The number of hydrogen-bond donors (Lipinski definition) is 1. The molecule has 0 spiro atoms. The molecule has 0 bridgehead atoms. The van der Waals surface area contributed by atoms with E-state index in [2.05, 4.69) is 19.3 Å². The SMILES string of the molecule is CCCC1(CNC)CCCCC1. The Balaban J connectivity index is 2.44. The Morgan fingerprint density at radius 2 is 1.83 bits per heavy atom. The van der Waals surface area contributed by atoms with Crippen molar-refractivity contribution in [2.24, 2.45) is 5.41 Å². The summed E-state index contributed by atoms with van der Waals surface area (Å²) in [5, 5.41) is 3.36. The Morgan fingerprint density at radius 1 is 1.17 bits per heavy atom. The minimum absolute atomic E-state index is 0.668. The van der Waals surface area contributed by atoms with Crippen LogP contribution in [0.15, 0.2) is 0 Å². The largest absolute Gasteiger partial charge is 0.319 e. The number of nitrogens with one attached hydrogen (secondary N) is 1. The molecule has 1 heteroatoms. The molecule has 0 heterocycles. The van der Waals surface area contributed by atoms with E-state index in [-0.39, 0.29) is 0 Å². The quantitative estimate of drug-likeness (QED) is 0.682. The van der Waals surface area contributed by atoms with Crippen molar-refractivity contribution in [3.8, 4) is 0 Å². The minimum Gasteiger partial charge on any atom is -0.319 e. The Hall–Kier alpha value is -0.0400. The van der Waals surface area contributed by atoms with Crippen LogP contribution >= 0.6 is 0 Å². The van der Waals surface area contributed by atoms with Gasteiger partial charge in [0.2, 0.25) is 0 Å². The zero-order valence-electron chi connectivity index (χ0n) is 8.66. The fourth-order valence-corrected chi connectivity index (χ4v) is 2.72. The van der Waals surface area contributed by atoms with E-state index in [1.807, 2.05) is 0 Å². The summed E-state index contributed by atoms with van der Waals surface area (Å²) >= 11 is 0. The van der Waals surface area contributed by atoms with Gasteiger partial charge in [-0.05, 0) is 31.7 Å². The van der Waals surface area contributed by atoms with E-state index in [1.54, 1.807) is 0 Å². The highest BCUT2D eigenvalue weighted by molar-refractivity contribution is 4.83. The Morgan fingerprint density at radius 3 is 2.33 bits per heavy atom. The van der Waals surface area contributed by atoms with Crippen molar-refractivity contribution in [3.05, 3.63) is 0 Å². The number of rotatable bonds is 4. The molecule has 0 saturated heterocycles. The monoisotopic (exact) mass is 169 g/mol. The van der Waals surface area contributed by atoms with E-state index in [9.17, 15) is 0 Å². The third-order valence-electron chi connectivity index (χ3n) is 3.25. The molecule has 1 aliphatic rings. The van der Waals surface area contributed by atoms with Gasteiger partial charge >= 0.3 is 0 Å². The van der Waals surface area contributed by atoms with E-state index < -0.39 is 0 Å². The fraction of sp³-hybridized carbons (Fsp3) is 1.00. The maximum absolute atomic E-state index is 3.36. The number of hydrogen-bond acceptors (Lipinski definition) is 1. The highest BCUT2D eigenvalue weighted by atomic mass is 14.8. The normalized spacial score (nSPS) is 22.5. The Labute approximate surface area is 76.9 Å². The van der Waals surface area contributed by atoms with Crippen LogP contribution in [0.3, 0.4) is 0 Å². The molecule has 0 aromatic carbocycles. The molecule has 1 rings (SSSR count). The summed E-state index contributed by atoms with van der Waals surface area (Å²) in [6.07, 6.45) is 10.1. The highest BCUT2D eigenvalue weighted by Crippen LogP contribution is 2.39. The van der Waals surface area contributed by atoms with Crippen molar-refractivity contribution in [1.82, 2.24) is 5.32 Å². The van der Waals surface area contributed by atoms with Crippen LogP contribution in [0.2, 0.25) is 0 Å². The van der Waals surface area contributed by atoms with Crippen LogP contribution < -0.4 is 5.32 Å². The van der Waals surface area contributed by atoms with Crippen LogP contribution in [0.4, 0.5) is 0 Å². The molecule has 0 unspecified atom stereocenters. The lowest BCUT2D eigenvalue weighted by molar-refractivity contribution is 0.169. The second-order valence-electron chi connectivity index (χ2n) is 4.34. The molecule has 0 radical (unpaired) electrons. The van der Waals surface area contributed by atoms with Crippen molar-refractivity contribution >= 4 is 0 Å². The van der Waals surface area contributed by atoms with Crippen molar-refractivity contribution in [1.29, 1.82) is 0 Å². The molecule has 0 amide bonds. The molecule has 1 aliphatic carbocycles. The summed E-state index contributed by atoms with van der Waals surface area (Å²) < 4.78 is 0. The van der Waals surface area contributed by atoms with Crippen molar-refractivity contribution in [2.45, 2.75) is 51.9 Å². The van der Waals surface area contributed by atoms with E-state index >= 15 is 0 Å². The van der Waals surface area contributed by atoms with E-state index in [4.69, 9.17) is 0 Å². The molecule has 0 aliphatic heterocycles. The molecule has 1 N–H and O–H groups in total. The van der Waals surface area contributed by atoms with Crippen LogP contribution in [0.25, 0.3) is 0 Å². The zero-order chi connectivity index (χ0) is 8.86. The summed E-state index contributed by atoms with van der Waals surface area (Å²) in [5.41, 5.74) is 0.668. The third kappa shape index (κ3) is 2.48. The summed E-state index contributed by atoms with van der Waals surface area (Å²) in [6.45, 7) is 3.55. The highest BCUT2D eigenvalue weighted by Gasteiger charge is 2.29. The maximum Gasteiger partial charge on any atom is 0.000480 e. The van der Waals surface area contributed by atoms with Crippen molar-refractivity contribution in [3.63, 3.8) is 0 Å². The van der Waals surface area contributed by atoms with Gasteiger partial charge in [-0.1, -0.05) is 32.6 Å². The lowest BCUT2D eigenvalue weighted by atomic mass is 9.71. The topological polar surface area (TPSA) is 12.0 Å². The molecule has 0 atom stereocenters. The third-order valence-corrected chi connectivity index (χ3v) is 3.25. The van der Waals surface area contributed by atoms with Crippen LogP contribution in [0.5, 0.6) is 0 Å². The van der Waals surface area contributed by atoms with Gasteiger partial charge in [0, 0.05) is 6.54 Å². The average molecular weight is 169 g/mol. The standard InChI is InChI=1S/C11H23N/c1-3-7-11(10-12-2)8-5-4-6-9-11/h12H,3-10H2,1-2H3. The molecule has 1 saturated carbocycles. The van der Waals surface area contributed by atoms with Crippen LogP contribution in [-0.4, -0.2) is 13.6 Å². The minimum atomic E-state index is 0.668. The smallest absolute Gasteiger partial charge is 0.000480 e. The van der Waals surface area contributed by atoms with E-state index in [0.717, 1.165) is 0 Å². The van der Waals surface area contributed by atoms with Gasteiger partial charge in [0.05, 0.1) is 0 Å². The first-order valence-electron chi connectivity index (χ1n) is 5.47. The van der Waals surface area contributed by atoms with Gasteiger partial charge in [0.15, 0.2) is 0 Å². The Bertz CT molecular complexity index is 98.7. The van der Waals surface area contributed by atoms with Crippen molar-refractivity contribution < 1.29 is 0 Å². The van der Waals surface area contributed by atoms with Crippen LogP contribution in [0, 0.1) is 5.41 Å². The fourth-order valence-electron chi connectivity index (χ4n) is 2.72. The van der Waals surface area contributed by atoms with Gasteiger partial charge in [0.1, 0.15) is 0 Å². The second kappa shape index (κ2) is 4.86. The van der Waals surface area contributed by atoms with Crippen LogP contribution in [-0.2, 0) is 0 Å². The average Bonchev–Trinajstić information content (AvgIpc) is 2.07. The predicted octanol–water partition coefficient (Wildman–Crippen LogP) is 2.96. The van der Waals surface area contributed by atoms with Gasteiger partial charge in [-0.3, -0.25) is 0 Å². The van der Waals surface area contributed by atoms with Gasteiger partial charge in [-0.15, -0.1) is 0 Å². The van der Waals surface area contributed by atoms with Crippen LogP contribution in [0.1, 0.15) is 51.9 Å². The molecule has 1 fully saturated rings. The first kappa shape index (κ1) is 10.0. The van der Waals surface area contributed by atoms with E-state index in [1.165, 1.54) is 51.5 Å². The van der Waals surface area contributed by atoms with Gasteiger partial charge in [-0.25, -0.2) is 0 Å². The lowest BCUT2D eigenvalue weighted by Crippen LogP contribution is -2.34. The van der Waals surface area contributed by atoms with Crippen molar-refractivity contribution in [2.75, 3.05) is 13.6 Å². The molecular formula is C11H23N. The first-order chi connectivity index (χ1) is 5.83. The van der Waals surface area contributed by atoms with Gasteiger partial charge in [-0.2, -0.15) is 0 Å². The molecule has 72 valence electrons. The molecule has 12 heavy (non-hydrogen) atoms. The summed E-state index contributed by atoms with van der Waals surface area (Å²) in [7, 11) is 2.09. The zero-order valence-corrected chi connectivity index (χ0v) is 8.66.